The minimum absolute atomic E-state index is 0.250. The first-order valence-corrected chi connectivity index (χ1v) is 4.14. The van der Waals surface area contributed by atoms with E-state index in [1.165, 1.54) is 12.8 Å². The van der Waals surface area contributed by atoms with Crippen molar-refractivity contribution >= 4 is 0 Å². The van der Waals surface area contributed by atoms with Crippen LogP contribution in [-0.2, 0) is 4.74 Å². The van der Waals surface area contributed by atoms with Crippen LogP contribution >= 0.6 is 0 Å². The Labute approximate surface area is 63.7 Å². The van der Waals surface area contributed by atoms with Gasteiger partial charge in [-0.1, -0.05) is 19.8 Å². The maximum atomic E-state index is 5.72. The van der Waals surface area contributed by atoms with Crippen molar-refractivity contribution in [2.45, 2.75) is 39.2 Å². The molecule has 0 aliphatic carbocycles. The number of hydrogen-bond acceptors (Lipinski definition) is 2. The molecule has 0 aromatic rings. The molecule has 0 bridgehead atoms. The summed E-state index contributed by atoms with van der Waals surface area (Å²) >= 11 is 0. The minimum atomic E-state index is 0.250. The van der Waals surface area contributed by atoms with Crippen molar-refractivity contribution in [1.82, 2.24) is 0 Å². The molecule has 0 saturated carbocycles. The van der Waals surface area contributed by atoms with Gasteiger partial charge in [-0.3, -0.25) is 0 Å². The summed E-state index contributed by atoms with van der Waals surface area (Å²) in [6.07, 6.45) is 3.53. The van der Waals surface area contributed by atoms with Gasteiger partial charge in [0.25, 0.3) is 0 Å². The smallest absolute Gasteiger partial charge is 0.0617 e. The Morgan fingerprint density at radius 2 is 2.10 bits per heavy atom. The molecule has 62 valence electrons. The molecular formula is C8H19NO. The molecule has 10 heavy (non-hydrogen) atoms. The molecule has 0 spiro atoms. The monoisotopic (exact) mass is 145 g/mol. The van der Waals surface area contributed by atoms with Gasteiger partial charge >= 0.3 is 0 Å². The second-order valence-electron chi connectivity index (χ2n) is 2.56. The predicted octanol–water partition coefficient (Wildman–Crippen LogP) is 1.54. The van der Waals surface area contributed by atoms with E-state index in [4.69, 9.17) is 10.5 Å². The van der Waals surface area contributed by atoms with Crippen LogP contribution in [0.3, 0.4) is 0 Å². The summed E-state index contributed by atoms with van der Waals surface area (Å²) < 4.78 is 5.17. The largest absolute Gasteiger partial charge is 0.380 e. The van der Waals surface area contributed by atoms with Gasteiger partial charge in [-0.2, -0.15) is 0 Å². The van der Waals surface area contributed by atoms with Crippen LogP contribution in [0, 0.1) is 0 Å². The zero-order chi connectivity index (χ0) is 7.82. The van der Waals surface area contributed by atoms with E-state index in [0.29, 0.717) is 0 Å². The van der Waals surface area contributed by atoms with Crippen molar-refractivity contribution in [1.29, 1.82) is 0 Å². The summed E-state index contributed by atoms with van der Waals surface area (Å²) in [6.45, 7) is 5.66. The third-order valence-corrected chi connectivity index (χ3v) is 1.46. The molecule has 0 amide bonds. The van der Waals surface area contributed by atoms with Crippen LogP contribution < -0.4 is 5.73 Å². The Balaban J connectivity index is 3.00. The lowest BCUT2D eigenvalue weighted by Gasteiger charge is -2.09. The number of nitrogens with two attached hydrogens (primary N) is 1. The maximum Gasteiger partial charge on any atom is 0.0617 e. The van der Waals surface area contributed by atoms with Crippen molar-refractivity contribution in [3.63, 3.8) is 0 Å². The average Bonchev–Trinajstić information content (AvgIpc) is 1.97. The molecule has 2 N–H and O–H groups in total. The zero-order valence-electron chi connectivity index (χ0n) is 7.10. The molecule has 0 heterocycles. The Morgan fingerprint density at radius 3 is 2.60 bits per heavy atom. The lowest BCUT2D eigenvalue weighted by molar-refractivity contribution is 0.130. The Kier molecular flexibility index (Phi) is 6.98. The van der Waals surface area contributed by atoms with Crippen LogP contribution in [0.15, 0.2) is 0 Å². The SMILES string of the molecule is CCCCC(N)COCC. The predicted molar refractivity (Wildman–Crippen MR) is 44.0 cm³/mol. The minimum Gasteiger partial charge on any atom is -0.380 e. The van der Waals surface area contributed by atoms with Gasteiger partial charge < -0.3 is 10.5 Å². The van der Waals surface area contributed by atoms with Crippen molar-refractivity contribution < 1.29 is 4.74 Å². The fourth-order valence-electron chi connectivity index (χ4n) is 0.819. The molecule has 0 radical (unpaired) electrons. The molecule has 0 aromatic heterocycles. The third-order valence-electron chi connectivity index (χ3n) is 1.46. The van der Waals surface area contributed by atoms with Crippen molar-refractivity contribution in [3.05, 3.63) is 0 Å². The molecular weight excluding hydrogens is 126 g/mol. The van der Waals surface area contributed by atoms with E-state index in [-0.39, 0.29) is 6.04 Å². The third kappa shape index (κ3) is 6.05. The van der Waals surface area contributed by atoms with E-state index < -0.39 is 0 Å². The lowest BCUT2D eigenvalue weighted by atomic mass is 10.1. The van der Waals surface area contributed by atoms with E-state index >= 15 is 0 Å². The number of ether oxygens (including phenoxy) is 1. The van der Waals surface area contributed by atoms with E-state index in [1.54, 1.807) is 0 Å². The van der Waals surface area contributed by atoms with Gasteiger partial charge in [-0.15, -0.1) is 0 Å². The lowest BCUT2D eigenvalue weighted by Crippen LogP contribution is -2.25. The molecule has 0 fully saturated rings. The van der Waals surface area contributed by atoms with Crippen LogP contribution in [0.4, 0.5) is 0 Å². The van der Waals surface area contributed by atoms with Gasteiger partial charge in [0, 0.05) is 12.6 Å². The maximum absolute atomic E-state index is 5.72. The second kappa shape index (κ2) is 7.03. The first-order chi connectivity index (χ1) is 4.81. The van der Waals surface area contributed by atoms with Gasteiger partial charge in [-0.05, 0) is 13.3 Å². The normalized spacial score (nSPS) is 13.5. The molecule has 0 aromatic carbocycles. The first-order valence-electron chi connectivity index (χ1n) is 4.14. The molecule has 1 atom stereocenters. The summed E-state index contributed by atoms with van der Waals surface area (Å²) in [6, 6.07) is 0.250. The molecule has 0 saturated heterocycles. The molecule has 0 aliphatic rings. The fraction of sp³-hybridized carbons (Fsp3) is 1.00. The highest BCUT2D eigenvalue weighted by Gasteiger charge is 1.99. The molecule has 0 rings (SSSR count). The van der Waals surface area contributed by atoms with Crippen LogP contribution in [0.2, 0.25) is 0 Å². The van der Waals surface area contributed by atoms with E-state index in [0.717, 1.165) is 19.6 Å². The van der Waals surface area contributed by atoms with Gasteiger partial charge in [0.2, 0.25) is 0 Å². The van der Waals surface area contributed by atoms with Crippen molar-refractivity contribution in [3.8, 4) is 0 Å². The van der Waals surface area contributed by atoms with Crippen molar-refractivity contribution in [2.24, 2.45) is 5.73 Å². The van der Waals surface area contributed by atoms with Crippen molar-refractivity contribution in [2.75, 3.05) is 13.2 Å². The average molecular weight is 145 g/mol. The second-order valence-corrected chi connectivity index (χ2v) is 2.56. The Bertz CT molecular complexity index is 58.3. The highest BCUT2D eigenvalue weighted by molar-refractivity contribution is 4.58. The van der Waals surface area contributed by atoms with Crippen LogP contribution in [-0.4, -0.2) is 19.3 Å². The van der Waals surface area contributed by atoms with Gasteiger partial charge in [0.15, 0.2) is 0 Å². The fourth-order valence-corrected chi connectivity index (χ4v) is 0.819. The van der Waals surface area contributed by atoms with E-state index in [2.05, 4.69) is 6.92 Å². The van der Waals surface area contributed by atoms with Crippen LogP contribution in [0.25, 0.3) is 0 Å². The number of unbranched alkanes of at least 4 members (excludes halogenated alkanes) is 1. The zero-order valence-corrected chi connectivity index (χ0v) is 7.10. The first kappa shape index (κ1) is 9.92. The van der Waals surface area contributed by atoms with Gasteiger partial charge in [0.1, 0.15) is 0 Å². The van der Waals surface area contributed by atoms with Crippen LogP contribution in [0.5, 0.6) is 0 Å². The number of hydrogen-bond donors (Lipinski definition) is 1. The standard InChI is InChI=1S/C8H19NO/c1-3-5-6-8(9)7-10-4-2/h8H,3-7,9H2,1-2H3. The van der Waals surface area contributed by atoms with Gasteiger partial charge in [0.05, 0.1) is 6.61 Å². The summed E-state index contributed by atoms with van der Waals surface area (Å²) in [7, 11) is 0. The summed E-state index contributed by atoms with van der Waals surface area (Å²) in [4.78, 5) is 0. The number of rotatable bonds is 6. The molecule has 2 nitrogen and oxygen atoms in total. The van der Waals surface area contributed by atoms with E-state index in [1.807, 2.05) is 6.92 Å². The molecule has 1 unspecified atom stereocenters. The summed E-state index contributed by atoms with van der Waals surface area (Å²) in [5.41, 5.74) is 5.72. The molecule has 0 aliphatic heterocycles. The summed E-state index contributed by atoms with van der Waals surface area (Å²) in [5.74, 6) is 0. The van der Waals surface area contributed by atoms with Crippen LogP contribution in [0.1, 0.15) is 33.1 Å². The van der Waals surface area contributed by atoms with E-state index in [9.17, 15) is 0 Å². The summed E-state index contributed by atoms with van der Waals surface area (Å²) in [5, 5.41) is 0. The van der Waals surface area contributed by atoms with Gasteiger partial charge in [-0.25, -0.2) is 0 Å². The Hall–Kier alpha value is -0.0800. The quantitative estimate of drug-likeness (QED) is 0.615. The highest BCUT2D eigenvalue weighted by atomic mass is 16.5. The highest BCUT2D eigenvalue weighted by Crippen LogP contribution is 1.97. The Morgan fingerprint density at radius 1 is 1.40 bits per heavy atom. The topological polar surface area (TPSA) is 35.2 Å². The molecule has 2 heteroatoms.